The summed E-state index contributed by atoms with van der Waals surface area (Å²) in [6.07, 6.45) is 5.22. The number of amides is 1. The normalized spacial score (nSPS) is 24.2. The van der Waals surface area contributed by atoms with E-state index >= 15 is 0 Å². The van der Waals surface area contributed by atoms with Crippen LogP contribution in [0.1, 0.15) is 37.0 Å². The molecule has 1 aliphatic heterocycles. The van der Waals surface area contributed by atoms with Gasteiger partial charge in [0.25, 0.3) is 5.91 Å². The molecule has 4 nitrogen and oxygen atoms in total. The highest BCUT2D eigenvalue weighted by atomic mass is 16.3. The number of nitrogens with one attached hydrogen (secondary N) is 1. The van der Waals surface area contributed by atoms with E-state index in [1.807, 2.05) is 4.90 Å². The Bertz CT molecular complexity index is 375. The lowest BCUT2D eigenvalue weighted by Gasteiger charge is -2.38. The maximum atomic E-state index is 12.2. The third kappa shape index (κ3) is 2.75. The smallest absolute Gasteiger partial charge is 0.257 e. The summed E-state index contributed by atoms with van der Waals surface area (Å²) in [5.74, 6) is 0.645. The second-order valence-electron chi connectivity index (χ2n) is 4.88. The van der Waals surface area contributed by atoms with Crippen LogP contribution in [0.15, 0.2) is 23.0 Å². The van der Waals surface area contributed by atoms with Gasteiger partial charge in [-0.15, -0.1) is 0 Å². The van der Waals surface area contributed by atoms with Crippen LogP contribution in [0, 0.1) is 5.92 Å². The average Bonchev–Trinajstić information content (AvgIpc) is 2.92. The molecular formula is C14H22N2O2. The highest BCUT2D eigenvalue weighted by molar-refractivity contribution is 5.93. The average molecular weight is 250 g/mol. The van der Waals surface area contributed by atoms with E-state index < -0.39 is 0 Å². The topological polar surface area (TPSA) is 45.5 Å². The summed E-state index contributed by atoms with van der Waals surface area (Å²) in [5.41, 5.74) is 0.659. The molecule has 0 aromatic carbocycles. The van der Waals surface area contributed by atoms with Crippen molar-refractivity contribution < 1.29 is 9.21 Å². The predicted molar refractivity (Wildman–Crippen MR) is 70.5 cm³/mol. The first-order valence-corrected chi connectivity index (χ1v) is 6.81. The fourth-order valence-corrected chi connectivity index (χ4v) is 2.73. The lowest BCUT2D eigenvalue weighted by molar-refractivity contribution is 0.0627. The van der Waals surface area contributed by atoms with Crippen LogP contribution in [0.4, 0.5) is 0 Å². The zero-order valence-corrected chi connectivity index (χ0v) is 11.2. The van der Waals surface area contributed by atoms with Gasteiger partial charge in [-0.25, -0.2) is 0 Å². The summed E-state index contributed by atoms with van der Waals surface area (Å²) in [7, 11) is 0. The molecule has 2 rings (SSSR count). The first-order chi connectivity index (χ1) is 8.76. The van der Waals surface area contributed by atoms with Crippen molar-refractivity contribution in [1.29, 1.82) is 0 Å². The van der Waals surface area contributed by atoms with Crippen molar-refractivity contribution in [2.45, 2.75) is 32.7 Å². The Kier molecular flexibility index (Phi) is 4.42. The Labute approximate surface area is 108 Å². The van der Waals surface area contributed by atoms with Crippen LogP contribution in [0.2, 0.25) is 0 Å². The van der Waals surface area contributed by atoms with Gasteiger partial charge in [-0.2, -0.15) is 0 Å². The first kappa shape index (κ1) is 13.1. The minimum atomic E-state index is 0.0946. The van der Waals surface area contributed by atoms with Crippen LogP contribution in [-0.4, -0.2) is 36.5 Å². The molecule has 18 heavy (non-hydrogen) atoms. The van der Waals surface area contributed by atoms with E-state index in [9.17, 15) is 4.79 Å². The molecule has 4 heteroatoms. The van der Waals surface area contributed by atoms with Crippen molar-refractivity contribution in [2.75, 3.05) is 19.6 Å². The quantitative estimate of drug-likeness (QED) is 0.890. The van der Waals surface area contributed by atoms with Crippen molar-refractivity contribution >= 4 is 5.91 Å². The van der Waals surface area contributed by atoms with Crippen LogP contribution in [0.3, 0.4) is 0 Å². The van der Waals surface area contributed by atoms with Crippen LogP contribution in [0.5, 0.6) is 0 Å². The van der Waals surface area contributed by atoms with E-state index in [2.05, 4.69) is 19.2 Å². The molecule has 1 N–H and O–H groups in total. The number of rotatable bonds is 4. The number of likely N-dealkylation sites (tertiary alicyclic amines) is 1. The summed E-state index contributed by atoms with van der Waals surface area (Å²) >= 11 is 0. The summed E-state index contributed by atoms with van der Waals surface area (Å²) in [5, 5.41) is 3.52. The Morgan fingerprint density at radius 1 is 1.56 bits per heavy atom. The minimum Gasteiger partial charge on any atom is -0.472 e. The molecule has 0 bridgehead atoms. The molecule has 1 aromatic rings. The Balaban J connectivity index is 1.99. The fraction of sp³-hybridized carbons (Fsp3) is 0.643. The maximum Gasteiger partial charge on any atom is 0.257 e. The van der Waals surface area contributed by atoms with Gasteiger partial charge < -0.3 is 14.6 Å². The molecule has 2 heterocycles. The Morgan fingerprint density at radius 3 is 3.00 bits per heavy atom. The third-order valence-corrected chi connectivity index (χ3v) is 3.78. The SMILES string of the molecule is CCNC1CCN(C(=O)c2ccoc2)CC1CC. The van der Waals surface area contributed by atoms with Gasteiger partial charge in [0.1, 0.15) is 6.26 Å². The molecule has 1 aromatic heterocycles. The fourth-order valence-electron chi connectivity index (χ4n) is 2.73. The lowest BCUT2D eigenvalue weighted by atomic mass is 9.89. The van der Waals surface area contributed by atoms with Crippen LogP contribution in [-0.2, 0) is 0 Å². The number of nitrogens with zero attached hydrogens (tertiary/aromatic N) is 1. The summed E-state index contributed by atoms with van der Waals surface area (Å²) in [6.45, 7) is 7.00. The standard InChI is InChI=1S/C14H22N2O2/c1-3-11-9-16(7-5-13(11)15-4-2)14(17)12-6-8-18-10-12/h6,8,10-11,13,15H,3-5,7,9H2,1-2H3. The number of hydrogen-bond donors (Lipinski definition) is 1. The zero-order valence-electron chi connectivity index (χ0n) is 11.2. The van der Waals surface area contributed by atoms with Crippen LogP contribution >= 0.6 is 0 Å². The van der Waals surface area contributed by atoms with Crippen molar-refractivity contribution in [3.8, 4) is 0 Å². The molecule has 0 spiro atoms. The number of carbonyl (C=O) groups excluding carboxylic acids is 1. The van der Waals surface area contributed by atoms with E-state index in [0.717, 1.165) is 32.5 Å². The zero-order chi connectivity index (χ0) is 13.0. The van der Waals surface area contributed by atoms with Gasteiger partial charge in [-0.05, 0) is 24.9 Å². The van der Waals surface area contributed by atoms with Gasteiger partial charge in [0.2, 0.25) is 0 Å². The van der Waals surface area contributed by atoms with E-state index in [1.165, 1.54) is 6.26 Å². The molecule has 0 radical (unpaired) electrons. The van der Waals surface area contributed by atoms with Gasteiger partial charge >= 0.3 is 0 Å². The molecule has 2 unspecified atom stereocenters. The van der Waals surface area contributed by atoms with Crippen molar-refractivity contribution in [3.63, 3.8) is 0 Å². The first-order valence-electron chi connectivity index (χ1n) is 6.81. The number of piperidine rings is 1. The molecule has 1 aliphatic rings. The summed E-state index contributed by atoms with van der Waals surface area (Å²) in [4.78, 5) is 14.2. The van der Waals surface area contributed by atoms with Gasteiger partial charge in [0.15, 0.2) is 0 Å². The molecule has 0 aliphatic carbocycles. The second kappa shape index (κ2) is 6.05. The van der Waals surface area contributed by atoms with Crippen LogP contribution < -0.4 is 5.32 Å². The monoisotopic (exact) mass is 250 g/mol. The van der Waals surface area contributed by atoms with Crippen molar-refractivity contribution in [3.05, 3.63) is 24.2 Å². The van der Waals surface area contributed by atoms with Crippen LogP contribution in [0.25, 0.3) is 0 Å². The predicted octanol–water partition coefficient (Wildman–Crippen LogP) is 2.13. The summed E-state index contributed by atoms with van der Waals surface area (Å²) in [6, 6.07) is 2.29. The van der Waals surface area contributed by atoms with Crippen molar-refractivity contribution in [1.82, 2.24) is 10.2 Å². The van der Waals surface area contributed by atoms with Gasteiger partial charge in [0.05, 0.1) is 11.8 Å². The second-order valence-corrected chi connectivity index (χ2v) is 4.88. The lowest BCUT2D eigenvalue weighted by Crippen LogP contribution is -2.50. The molecule has 100 valence electrons. The van der Waals surface area contributed by atoms with E-state index in [0.29, 0.717) is 17.5 Å². The molecule has 2 atom stereocenters. The van der Waals surface area contributed by atoms with E-state index in [4.69, 9.17) is 4.42 Å². The third-order valence-electron chi connectivity index (χ3n) is 3.78. The molecule has 1 amide bonds. The van der Waals surface area contributed by atoms with E-state index in [-0.39, 0.29) is 5.91 Å². The van der Waals surface area contributed by atoms with Gasteiger partial charge in [-0.3, -0.25) is 4.79 Å². The number of hydrogen-bond acceptors (Lipinski definition) is 3. The molecule has 0 saturated carbocycles. The molecule has 1 saturated heterocycles. The largest absolute Gasteiger partial charge is 0.472 e. The van der Waals surface area contributed by atoms with Gasteiger partial charge in [-0.1, -0.05) is 20.3 Å². The maximum absolute atomic E-state index is 12.2. The molecule has 1 fully saturated rings. The number of carbonyl (C=O) groups is 1. The Morgan fingerprint density at radius 2 is 2.39 bits per heavy atom. The minimum absolute atomic E-state index is 0.0946. The highest BCUT2D eigenvalue weighted by Crippen LogP contribution is 2.21. The van der Waals surface area contributed by atoms with Gasteiger partial charge in [0, 0.05) is 19.1 Å². The Hall–Kier alpha value is -1.29. The summed E-state index contributed by atoms with van der Waals surface area (Å²) < 4.78 is 4.98. The van der Waals surface area contributed by atoms with Crippen molar-refractivity contribution in [2.24, 2.45) is 5.92 Å². The van der Waals surface area contributed by atoms with E-state index in [1.54, 1.807) is 12.3 Å². The number of furan rings is 1. The molecular weight excluding hydrogens is 228 g/mol. The highest BCUT2D eigenvalue weighted by Gasteiger charge is 2.30.